The summed E-state index contributed by atoms with van der Waals surface area (Å²) in [5.74, 6) is -1.24. The van der Waals surface area contributed by atoms with Crippen molar-refractivity contribution in [3.63, 3.8) is 0 Å². The van der Waals surface area contributed by atoms with Crippen LogP contribution < -0.4 is 10.0 Å². The molecule has 3 N–H and O–H groups in total. The van der Waals surface area contributed by atoms with Gasteiger partial charge in [-0.2, -0.15) is 0 Å². The summed E-state index contributed by atoms with van der Waals surface area (Å²) in [5.41, 5.74) is 0.652. The van der Waals surface area contributed by atoms with Crippen LogP contribution in [0.15, 0.2) is 53.4 Å². The largest absolute Gasteiger partial charge is 0.478 e. The lowest BCUT2D eigenvalue weighted by Gasteiger charge is -2.10. The van der Waals surface area contributed by atoms with E-state index >= 15 is 0 Å². The van der Waals surface area contributed by atoms with Crippen LogP contribution in [-0.2, 0) is 14.8 Å². The third kappa shape index (κ3) is 4.16. The van der Waals surface area contributed by atoms with Gasteiger partial charge in [-0.1, -0.05) is 12.1 Å². The third-order valence-electron chi connectivity index (χ3n) is 3.72. The molecule has 7 nitrogen and oxygen atoms in total. The van der Waals surface area contributed by atoms with Crippen LogP contribution in [0.5, 0.6) is 0 Å². The van der Waals surface area contributed by atoms with E-state index in [0.29, 0.717) is 5.69 Å². The van der Waals surface area contributed by atoms with Gasteiger partial charge in [0.15, 0.2) is 0 Å². The molecular weight excluding hydrogens is 344 g/mol. The summed E-state index contributed by atoms with van der Waals surface area (Å²) < 4.78 is 27.3. The number of rotatable bonds is 6. The summed E-state index contributed by atoms with van der Waals surface area (Å²) in [6.45, 7) is 0. The molecule has 0 saturated heterocycles. The maximum atomic E-state index is 12.4. The van der Waals surface area contributed by atoms with Crippen molar-refractivity contribution in [1.29, 1.82) is 0 Å². The van der Waals surface area contributed by atoms with Gasteiger partial charge in [0.1, 0.15) is 0 Å². The minimum absolute atomic E-state index is 0.0408. The molecular formula is C17H16N2O5S. The van der Waals surface area contributed by atoms with Crippen LogP contribution in [0.1, 0.15) is 23.2 Å². The van der Waals surface area contributed by atoms with Crippen LogP contribution in [-0.4, -0.2) is 25.4 Å². The average molecular weight is 360 g/mol. The number of amides is 1. The molecule has 0 atom stereocenters. The molecule has 0 bridgehead atoms. The molecule has 2 aromatic rings. The number of anilines is 2. The maximum Gasteiger partial charge on any atom is 0.335 e. The Morgan fingerprint density at radius 2 is 1.68 bits per heavy atom. The van der Waals surface area contributed by atoms with Crippen molar-refractivity contribution < 1.29 is 23.1 Å². The zero-order valence-electron chi connectivity index (χ0n) is 13.1. The van der Waals surface area contributed by atoms with Crippen molar-refractivity contribution in [2.45, 2.75) is 17.7 Å². The molecule has 1 saturated carbocycles. The van der Waals surface area contributed by atoms with Gasteiger partial charge in [0.2, 0.25) is 5.91 Å². The first kappa shape index (κ1) is 17.0. The number of nitrogens with one attached hydrogen (secondary N) is 2. The van der Waals surface area contributed by atoms with E-state index in [1.807, 2.05) is 0 Å². The van der Waals surface area contributed by atoms with Gasteiger partial charge < -0.3 is 10.4 Å². The molecule has 0 heterocycles. The minimum atomic E-state index is -3.94. The molecule has 1 amide bonds. The van der Waals surface area contributed by atoms with Crippen molar-refractivity contribution >= 4 is 33.3 Å². The van der Waals surface area contributed by atoms with Gasteiger partial charge in [0.25, 0.3) is 10.0 Å². The highest BCUT2D eigenvalue weighted by molar-refractivity contribution is 7.92. The standard InChI is InChI=1S/C17H16N2O5S/c20-16(11-7-8-11)18-13-4-2-5-14(10-13)19-25(23,24)15-6-1-3-12(9-15)17(21)22/h1-6,9-11,19H,7-8H2,(H,18,20)(H,21,22). The number of benzene rings is 2. The first-order valence-electron chi connectivity index (χ1n) is 7.62. The van der Waals surface area contributed by atoms with E-state index in [1.54, 1.807) is 18.2 Å². The highest BCUT2D eigenvalue weighted by atomic mass is 32.2. The molecule has 3 rings (SSSR count). The number of sulfonamides is 1. The van der Waals surface area contributed by atoms with Gasteiger partial charge in [-0.05, 0) is 49.2 Å². The van der Waals surface area contributed by atoms with Crippen molar-refractivity contribution in [3.8, 4) is 0 Å². The van der Waals surface area contributed by atoms with E-state index in [0.717, 1.165) is 18.9 Å². The Balaban J connectivity index is 1.79. The quantitative estimate of drug-likeness (QED) is 0.733. The molecule has 0 spiro atoms. The summed E-state index contributed by atoms with van der Waals surface area (Å²) in [6.07, 6.45) is 1.75. The average Bonchev–Trinajstić information content (AvgIpc) is 3.40. The lowest BCUT2D eigenvalue weighted by molar-refractivity contribution is -0.117. The number of hydrogen-bond acceptors (Lipinski definition) is 4. The number of carbonyl (C=O) groups excluding carboxylic acids is 1. The van der Waals surface area contributed by atoms with Crippen molar-refractivity contribution in [1.82, 2.24) is 0 Å². The molecule has 0 unspecified atom stereocenters. The number of carboxylic acid groups (broad SMARTS) is 1. The van der Waals surface area contributed by atoms with Gasteiger partial charge in [-0.3, -0.25) is 9.52 Å². The molecule has 25 heavy (non-hydrogen) atoms. The van der Waals surface area contributed by atoms with Gasteiger partial charge >= 0.3 is 5.97 Å². The number of aromatic carboxylic acids is 1. The Labute approximate surface area is 144 Å². The predicted molar refractivity (Wildman–Crippen MR) is 92.0 cm³/mol. The fourth-order valence-corrected chi connectivity index (χ4v) is 3.36. The molecule has 1 aliphatic rings. The van der Waals surface area contributed by atoms with Crippen LogP contribution in [0.3, 0.4) is 0 Å². The Morgan fingerprint density at radius 3 is 2.36 bits per heavy atom. The molecule has 1 aliphatic carbocycles. The second kappa shape index (κ2) is 6.56. The molecule has 8 heteroatoms. The summed E-state index contributed by atoms with van der Waals surface area (Å²) >= 11 is 0. The molecule has 0 aromatic heterocycles. The summed E-state index contributed by atoms with van der Waals surface area (Å²) in [4.78, 5) is 22.6. The van der Waals surface area contributed by atoms with Crippen LogP contribution in [0.4, 0.5) is 11.4 Å². The molecule has 0 aliphatic heterocycles. The number of carboxylic acids is 1. The van der Waals surface area contributed by atoms with Gasteiger partial charge in [0, 0.05) is 11.6 Å². The molecule has 1 fully saturated rings. The van der Waals surface area contributed by atoms with Crippen molar-refractivity contribution in [2.24, 2.45) is 5.92 Å². The van der Waals surface area contributed by atoms with E-state index in [-0.39, 0.29) is 28.0 Å². The summed E-state index contributed by atoms with van der Waals surface area (Å²) in [7, 11) is -3.94. The van der Waals surface area contributed by atoms with E-state index in [2.05, 4.69) is 10.0 Å². The smallest absolute Gasteiger partial charge is 0.335 e. The van der Waals surface area contributed by atoms with Crippen LogP contribution in [0.25, 0.3) is 0 Å². The highest BCUT2D eigenvalue weighted by Crippen LogP contribution is 2.30. The Bertz CT molecular complexity index is 936. The normalized spacial score (nSPS) is 13.9. The SMILES string of the molecule is O=C(O)c1cccc(S(=O)(=O)Nc2cccc(NC(=O)C3CC3)c2)c1. The van der Waals surface area contributed by atoms with Gasteiger partial charge in [-0.15, -0.1) is 0 Å². The fourth-order valence-electron chi connectivity index (χ4n) is 2.26. The van der Waals surface area contributed by atoms with E-state index in [1.165, 1.54) is 24.3 Å². The van der Waals surface area contributed by atoms with E-state index in [9.17, 15) is 18.0 Å². The van der Waals surface area contributed by atoms with E-state index < -0.39 is 16.0 Å². The second-order valence-corrected chi connectivity index (χ2v) is 7.47. The molecule has 130 valence electrons. The Hall–Kier alpha value is -2.87. The lowest BCUT2D eigenvalue weighted by Crippen LogP contribution is -2.15. The topological polar surface area (TPSA) is 113 Å². The summed E-state index contributed by atoms with van der Waals surface area (Å²) in [6, 6.07) is 11.4. The zero-order chi connectivity index (χ0) is 18.0. The molecule has 2 aromatic carbocycles. The second-order valence-electron chi connectivity index (χ2n) is 5.78. The Morgan fingerprint density at radius 1 is 1.00 bits per heavy atom. The predicted octanol–water partition coefficient (Wildman–Crippen LogP) is 2.53. The number of hydrogen-bond donors (Lipinski definition) is 3. The first-order chi connectivity index (χ1) is 11.8. The monoisotopic (exact) mass is 360 g/mol. The minimum Gasteiger partial charge on any atom is -0.478 e. The van der Waals surface area contributed by atoms with Crippen LogP contribution >= 0.6 is 0 Å². The lowest BCUT2D eigenvalue weighted by atomic mass is 10.2. The van der Waals surface area contributed by atoms with Crippen LogP contribution in [0.2, 0.25) is 0 Å². The summed E-state index contributed by atoms with van der Waals surface area (Å²) in [5, 5.41) is 11.7. The van der Waals surface area contributed by atoms with Gasteiger partial charge in [-0.25, -0.2) is 13.2 Å². The zero-order valence-corrected chi connectivity index (χ0v) is 13.9. The van der Waals surface area contributed by atoms with Crippen molar-refractivity contribution in [3.05, 3.63) is 54.1 Å². The Kier molecular flexibility index (Phi) is 4.45. The van der Waals surface area contributed by atoms with E-state index in [4.69, 9.17) is 5.11 Å². The van der Waals surface area contributed by atoms with Crippen LogP contribution in [0, 0.1) is 5.92 Å². The third-order valence-corrected chi connectivity index (χ3v) is 5.10. The van der Waals surface area contributed by atoms with Gasteiger partial charge in [0.05, 0.1) is 16.1 Å². The molecule has 0 radical (unpaired) electrons. The number of carbonyl (C=O) groups is 2. The van der Waals surface area contributed by atoms with Crippen molar-refractivity contribution in [2.75, 3.05) is 10.0 Å². The maximum absolute atomic E-state index is 12.4. The fraction of sp³-hybridized carbons (Fsp3) is 0.176. The first-order valence-corrected chi connectivity index (χ1v) is 9.10. The highest BCUT2D eigenvalue weighted by Gasteiger charge is 2.29.